The van der Waals surface area contributed by atoms with Crippen molar-refractivity contribution >= 4 is 0 Å². The van der Waals surface area contributed by atoms with E-state index in [9.17, 15) is 4.39 Å². The summed E-state index contributed by atoms with van der Waals surface area (Å²) in [6.07, 6.45) is 7.01. The lowest BCUT2D eigenvalue weighted by atomic mass is 9.97. The molecular weight excluding hydrogens is 253 g/mol. The second-order valence-corrected chi connectivity index (χ2v) is 5.69. The molecular formula is C16H20FN3. The number of nitrogens with one attached hydrogen (secondary N) is 1. The summed E-state index contributed by atoms with van der Waals surface area (Å²) in [5.74, 6) is -0.201. The molecule has 1 N–H and O–H groups in total. The minimum Gasteiger partial charge on any atom is -0.306 e. The Kier molecular flexibility index (Phi) is 3.57. The summed E-state index contributed by atoms with van der Waals surface area (Å²) in [6, 6.07) is 6.07. The van der Waals surface area contributed by atoms with E-state index in [2.05, 4.69) is 17.2 Å². The van der Waals surface area contributed by atoms with Crippen LogP contribution in [0.1, 0.15) is 43.5 Å². The number of hydrogen-bond donors (Lipinski definition) is 1. The molecule has 0 aliphatic carbocycles. The number of aryl methyl sites for hydroxylation is 1. The van der Waals surface area contributed by atoms with Gasteiger partial charge in [0.05, 0.1) is 23.9 Å². The molecule has 1 saturated heterocycles. The predicted octanol–water partition coefficient (Wildman–Crippen LogP) is 3.52. The fourth-order valence-electron chi connectivity index (χ4n) is 2.94. The van der Waals surface area contributed by atoms with Gasteiger partial charge in [-0.25, -0.2) is 9.37 Å². The molecule has 0 bridgehead atoms. The highest BCUT2D eigenvalue weighted by Crippen LogP contribution is 2.28. The highest BCUT2D eigenvalue weighted by Gasteiger charge is 2.23. The molecule has 2 unspecified atom stereocenters. The summed E-state index contributed by atoms with van der Waals surface area (Å²) in [4.78, 5) is 4.22. The molecule has 1 aliphatic heterocycles. The molecule has 0 radical (unpaired) electrons. The molecule has 2 aromatic rings. The van der Waals surface area contributed by atoms with Crippen molar-refractivity contribution in [2.75, 3.05) is 0 Å². The van der Waals surface area contributed by atoms with Crippen LogP contribution in [0.25, 0.3) is 5.69 Å². The molecule has 1 aromatic carbocycles. The first-order valence-corrected chi connectivity index (χ1v) is 7.20. The van der Waals surface area contributed by atoms with E-state index in [1.54, 1.807) is 12.4 Å². The Balaban J connectivity index is 1.97. The Morgan fingerprint density at radius 1 is 1.35 bits per heavy atom. The van der Waals surface area contributed by atoms with Crippen molar-refractivity contribution in [1.82, 2.24) is 14.9 Å². The molecule has 2 heterocycles. The normalized spacial score (nSPS) is 22.9. The lowest BCUT2D eigenvalue weighted by Crippen LogP contribution is -2.35. The van der Waals surface area contributed by atoms with Crippen molar-refractivity contribution in [2.24, 2.45) is 0 Å². The Labute approximate surface area is 118 Å². The molecule has 0 spiro atoms. The van der Waals surface area contributed by atoms with E-state index in [1.807, 2.05) is 29.8 Å². The van der Waals surface area contributed by atoms with Crippen LogP contribution >= 0.6 is 0 Å². The zero-order chi connectivity index (χ0) is 14.1. The first-order valence-electron chi connectivity index (χ1n) is 7.20. The van der Waals surface area contributed by atoms with Crippen LogP contribution in [0.15, 0.2) is 30.7 Å². The molecule has 20 heavy (non-hydrogen) atoms. The van der Waals surface area contributed by atoms with E-state index in [1.165, 1.54) is 12.8 Å². The lowest BCUT2D eigenvalue weighted by Gasteiger charge is -2.29. The van der Waals surface area contributed by atoms with Crippen molar-refractivity contribution in [3.8, 4) is 5.69 Å². The van der Waals surface area contributed by atoms with E-state index in [0.717, 1.165) is 17.7 Å². The van der Waals surface area contributed by atoms with Gasteiger partial charge in [0.15, 0.2) is 0 Å². The number of hydrogen-bond acceptors (Lipinski definition) is 2. The summed E-state index contributed by atoms with van der Waals surface area (Å²) in [5, 5.41) is 3.58. The molecule has 1 aromatic heterocycles. The molecule has 0 saturated carbocycles. The lowest BCUT2D eigenvalue weighted by molar-refractivity contribution is 0.334. The minimum atomic E-state index is -0.201. The van der Waals surface area contributed by atoms with Gasteiger partial charge >= 0.3 is 0 Å². The average Bonchev–Trinajstić information content (AvgIpc) is 2.87. The van der Waals surface area contributed by atoms with Crippen LogP contribution in [0, 0.1) is 12.7 Å². The Bertz CT molecular complexity index is 606. The van der Waals surface area contributed by atoms with Crippen LogP contribution in [0.3, 0.4) is 0 Å². The number of benzene rings is 1. The van der Waals surface area contributed by atoms with Crippen LogP contribution in [-0.2, 0) is 0 Å². The van der Waals surface area contributed by atoms with Crippen molar-refractivity contribution < 1.29 is 4.39 Å². The minimum absolute atomic E-state index is 0.201. The molecule has 3 nitrogen and oxygen atoms in total. The molecule has 4 heteroatoms. The number of imidazole rings is 1. The van der Waals surface area contributed by atoms with Crippen LogP contribution < -0.4 is 5.32 Å². The molecule has 106 valence electrons. The van der Waals surface area contributed by atoms with Gasteiger partial charge in [-0.05, 0) is 50.8 Å². The molecule has 1 fully saturated rings. The number of aromatic nitrogens is 2. The van der Waals surface area contributed by atoms with Gasteiger partial charge in [-0.15, -0.1) is 0 Å². The summed E-state index contributed by atoms with van der Waals surface area (Å²) in [6.45, 7) is 4.09. The largest absolute Gasteiger partial charge is 0.306 e. The number of nitrogens with zero attached hydrogens (tertiary/aromatic N) is 2. The third kappa shape index (κ3) is 2.48. The first-order chi connectivity index (χ1) is 9.65. The maximum absolute atomic E-state index is 14.2. The SMILES string of the molecule is Cc1ccc(-n2cncc2C2CCCC(C)N2)c(F)c1. The second kappa shape index (κ2) is 5.37. The third-order valence-electron chi connectivity index (χ3n) is 4.00. The number of piperidine rings is 1. The number of rotatable bonds is 2. The predicted molar refractivity (Wildman–Crippen MR) is 77.4 cm³/mol. The van der Waals surface area contributed by atoms with Crippen LogP contribution in [0.4, 0.5) is 4.39 Å². The Morgan fingerprint density at radius 3 is 2.95 bits per heavy atom. The van der Waals surface area contributed by atoms with Crippen LogP contribution in [0.5, 0.6) is 0 Å². The molecule has 3 rings (SSSR count). The monoisotopic (exact) mass is 273 g/mol. The van der Waals surface area contributed by atoms with Crippen molar-refractivity contribution in [2.45, 2.75) is 45.2 Å². The fourth-order valence-corrected chi connectivity index (χ4v) is 2.94. The smallest absolute Gasteiger partial charge is 0.147 e. The van der Waals surface area contributed by atoms with Crippen molar-refractivity contribution in [1.29, 1.82) is 0 Å². The van der Waals surface area contributed by atoms with Gasteiger partial charge in [-0.3, -0.25) is 4.57 Å². The topological polar surface area (TPSA) is 29.9 Å². The van der Waals surface area contributed by atoms with Gasteiger partial charge in [0.2, 0.25) is 0 Å². The fraction of sp³-hybridized carbons (Fsp3) is 0.438. The maximum Gasteiger partial charge on any atom is 0.147 e. The van der Waals surface area contributed by atoms with Gasteiger partial charge in [0.25, 0.3) is 0 Å². The Hall–Kier alpha value is -1.68. The van der Waals surface area contributed by atoms with E-state index >= 15 is 0 Å². The van der Waals surface area contributed by atoms with Crippen molar-refractivity contribution in [3.05, 3.63) is 47.8 Å². The van der Waals surface area contributed by atoms with E-state index in [4.69, 9.17) is 0 Å². The summed E-state index contributed by atoms with van der Waals surface area (Å²) < 4.78 is 16.0. The molecule has 1 aliphatic rings. The Morgan fingerprint density at radius 2 is 2.20 bits per heavy atom. The van der Waals surface area contributed by atoms with Gasteiger partial charge < -0.3 is 5.32 Å². The second-order valence-electron chi connectivity index (χ2n) is 5.69. The quantitative estimate of drug-likeness (QED) is 0.907. The van der Waals surface area contributed by atoms with Gasteiger partial charge in [-0.2, -0.15) is 0 Å². The standard InChI is InChI=1S/C16H20FN3/c1-11-6-7-15(13(17)8-11)20-10-18-9-16(20)14-5-3-4-12(2)19-14/h6-10,12,14,19H,3-5H2,1-2H3. The van der Waals surface area contributed by atoms with E-state index in [-0.39, 0.29) is 11.9 Å². The van der Waals surface area contributed by atoms with E-state index in [0.29, 0.717) is 11.7 Å². The summed E-state index contributed by atoms with van der Waals surface area (Å²) in [7, 11) is 0. The van der Waals surface area contributed by atoms with E-state index < -0.39 is 0 Å². The van der Waals surface area contributed by atoms with Crippen molar-refractivity contribution in [3.63, 3.8) is 0 Å². The first kappa shape index (κ1) is 13.3. The van der Waals surface area contributed by atoms with Crippen LogP contribution in [0.2, 0.25) is 0 Å². The highest BCUT2D eigenvalue weighted by atomic mass is 19.1. The zero-order valence-corrected chi connectivity index (χ0v) is 11.9. The third-order valence-corrected chi connectivity index (χ3v) is 4.00. The average molecular weight is 273 g/mol. The number of halogens is 1. The van der Waals surface area contributed by atoms with Gasteiger partial charge in [0.1, 0.15) is 5.82 Å². The highest BCUT2D eigenvalue weighted by molar-refractivity contribution is 5.38. The van der Waals surface area contributed by atoms with Crippen LogP contribution in [-0.4, -0.2) is 15.6 Å². The molecule has 0 amide bonds. The summed E-state index contributed by atoms with van der Waals surface area (Å²) >= 11 is 0. The molecule has 2 atom stereocenters. The zero-order valence-electron chi connectivity index (χ0n) is 11.9. The van der Waals surface area contributed by atoms with Gasteiger partial charge in [-0.1, -0.05) is 6.07 Å². The van der Waals surface area contributed by atoms with Gasteiger partial charge in [0, 0.05) is 12.1 Å². The maximum atomic E-state index is 14.2. The summed E-state index contributed by atoms with van der Waals surface area (Å²) in [5.41, 5.74) is 2.54.